The molecule has 0 heterocycles. The number of carbonyl (C=O) groups excluding carboxylic acids is 1. The number of nitrogens with zero attached hydrogens (tertiary/aromatic N) is 1. The molecule has 0 bridgehead atoms. The van der Waals surface area contributed by atoms with E-state index in [9.17, 15) is 14.3 Å². The van der Waals surface area contributed by atoms with Gasteiger partial charge in [0.05, 0.1) is 18.4 Å². The van der Waals surface area contributed by atoms with Crippen LogP contribution in [0.5, 0.6) is 5.75 Å². The summed E-state index contributed by atoms with van der Waals surface area (Å²) in [5.41, 5.74) is 1.22. The molecule has 1 N–H and O–H groups in total. The largest absolute Gasteiger partial charge is 0.507 e. The van der Waals surface area contributed by atoms with Gasteiger partial charge in [0, 0.05) is 11.8 Å². The molecule has 0 spiro atoms. The zero-order valence-electron chi connectivity index (χ0n) is 10.7. The van der Waals surface area contributed by atoms with Gasteiger partial charge in [-0.25, -0.2) is 9.18 Å². The molecule has 0 saturated carbocycles. The van der Waals surface area contributed by atoms with Crippen LogP contribution >= 0.6 is 0 Å². The van der Waals surface area contributed by atoms with Crippen LogP contribution in [0.15, 0.2) is 47.5 Å². The minimum absolute atomic E-state index is 0.0106. The van der Waals surface area contributed by atoms with Crippen LogP contribution in [0, 0.1) is 5.82 Å². The molecule has 20 heavy (non-hydrogen) atoms. The number of esters is 1. The van der Waals surface area contributed by atoms with E-state index >= 15 is 0 Å². The second-order valence-corrected chi connectivity index (χ2v) is 4.00. The first-order valence-electron chi connectivity index (χ1n) is 5.81. The summed E-state index contributed by atoms with van der Waals surface area (Å²) in [6.07, 6.45) is 1.40. The fraction of sp³-hybridized carbons (Fsp3) is 0.0667. The van der Waals surface area contributed by atoms with Gasteiger partial charge < -0.3 is 9.84 Å². The first kappa shape index (κ1) is 13.7. The number of halogens is 1. The molecule has 0 aliphatic heterocycles. The van der Waals surface area contributed by atoms with E-state index in [0.29, 0.717) is 16.8 Å². The van der Waals surface area contributed by atoms with E-state index in [4.69, 9.17) is 0 Å². The van der Waals surface area contributed by atoms with E-state index in [-0.39, 0.29) is 11.6 Å². The molecule has 0 fully saturated rings. The molecule has 2 aromatic carbocycles. The van der Waals surface area contributed by atoms with E-state index in [1.165, 1.54) is 55.8 Å². The number of aromatic hydroxyl groups is 1. The number of ether oxygens (including phenoxy) is 1. The fourth-order valence-corrected chi connectivity index (χ4v) is 1.57. The highest BCUT2D eigenvalue weighted by molar-refractivity contribution is 5.94. The Balaban J connectivity index is 2.28. The van der Waals surface area contributed by atoms with E-state index < -0.39 is 5.97 Å². The van der Waals surface area contributed by atoms with E-state index in [2.05, 4.69) is 9.73 Å². The van der Waals surface area contributed by atoms with Gasteiger partial charge in [0.25, 0.3) is 0 Å². The maximum atomic E-state index is 12.8. The van der Waals surface area contributed by atoms with Gasteiger partial charge in [-0.1, -0.05) is 0 Å². The van der Waals surface area contributed by atoms with Crippen molar-refractivity contribution in [3.8, 4) is 5.75 Å². The molecule has 0 aliphatic carbocycles. The summed E-state index contributed by atoms with van der Waals surface area (Å²) >= 11 is 0. The number of phenolic OH excluding ortho intramolecular Hbond substituents is 1. The van der Waals surface area contributed by atoms with Crippen molar-refractivity contribution in [3.05, 3.63) is 59.4 Å². The molecule has 0 atom stereocenters. The standard InChI is InChI=1S/C15H12FNO3/c1-20-15(19)10-2-7-14(18)11(8-10)9-17-13-5-3-12(16)4-6-13/h2-9,18H,1H3. The minimum atomic E-state index is -0.499. The lowest BCUT2D eigenvalue weighted by molar-refractivity contribution is 0.0600. The second-order valence-electron chi connectivity index (χ2n) is 4.00. The SMILES string of the molecule is COC(=O)c1ccc(O)c(C=Nc2ccc(F)cc2)c1. The summed E-state index contributed by atoms with van der Waals surface area (Å²) in [6.45, 7) is 0. The Labute approximate surface area is 115 Å². The third-order valence-corrected chi connectivity index (χ3v) is 2.63. The zero-order valence-corrected chi connectivity index (χ0v) is 10.7. The average molecular weight is 273 g/mol. The highest BCUT2D eigenvalue weighted by Crippen LogP contribution is 2.19. The van der Waals surface area contributed by atoms with E-state index in [0.717, 1.165) is 0 Å². The van der Waals surface area contributed by atoms with Crippen molar-refractivity contribution in [3.63, 3.8) is 0 Å². The topological polar surface area (TPSA) is 58.9 Å². The molecule has 0 unspecified atom stereocenters. The highest BCUT2D eigenvalue weighted by atomic mass is 19.1. The van der Waals surface area contributed by atoms with Gasteiger partial charge in [-0.15, -0.1) is 0 Å². The van der Waals surface area contributed by atoms with E-state index in [1.807, 2.05) is 0 Å². The number of carbonyl (C=O) groups is 1. The van der Waals surface area contributed by atoms with Crippen molar-refractivity contribution in [2.24, 2.45) is 4.99 Å². The van der Waals surface area contributed by atoms with Crippen LogP contribution in [0.3, 0.4) is 0 Å². The summed E-state index contributed by atoms with van der Waals surface area (Å²) in [4.78, 5) is 15.5. The fourth-order valence-electron chi connectivity index (χ4n) is 1.57. The quantitative estimate of drug-likeness (QED) is 0.690. The molecule has 4 nitrogen and oxygen atoms in total. The number of aliphatic imine (C=N–C) groups is 1. The van der Waals surface area contributed by atoms with Crippen LogP contribution < -0.4 is 0 Å². The lowest BCUT2D eigenvalue weighted by atomic mass is 10.1. The smallest absolute Gasteiger partial charge is 0.337 e. The van der Waals surface area contributed by atoms with Crippen LogP contribution in [0.25, 0.3) is 0 Å². The van der Waals surface area contributed by atoms with Gasteiger partial charge >= 0.3 is 5.97 Å². The number of hydrogen-bond donors (Lipinski definition) is 1. The molecule has 5 heteroatoms. The van der Waals surface area contributed by atoms with Gasteiger partial charge in [0.2, 0.25) is 0 Å². The normalized spacial score (nSPS) is 10.7. The number of benzene rings is 2. The summed E-state index contributed by atoms with van der Waals surface area (Å²) in [6, 6.07) is 9.90. The van der Waals surface area contributed by atoms with Gasteiger partial charge in [0.15, 0.2) is 0 Å². The molecule has 0 saturated heterocycles. The predicted octanol–water partition coefficient (Wildman–Crippen LogP) is 3.07. The molecular formula is C15H12FNO3. The predicted molar refractivity (Wildman–Crippen MR) is 73.1 cm³/mol. The number of methoxy groups -OCH3 is 1. The van der Waals surface area contributed by atoms with Crippen LogP contribution in [-0.2, 0) is 4.74 Å². The van der Waals surface area contributed by atoms with Crippen LogP contribution in [0.2, 0.25) is 0 Å². The van der Waals surface area contributed by atoms with Gasteiger partial charge in [0.1, 0.15) is 11.6 Å². The van der Waals surface area contributed by atoms with Gasteiger partial charge in [-0.2, -0.15) is 0 Å². The first-order chi connectivity index (χ1) is 9.60. The van der Waals surface area contributed by atoms with Crippen molar-refractivity contribution in [1.82, 2.24) is 0 Å². The Morgan fingerprint density at radius 3 is 2.60 bits per heavy atom. The van der Waals surface area contributed by atoms with Crippen LogP contribution in [0.1, 0.15) is 15.9 Å². The maximum Gasteiger partial charge on any atom is 0.337 e. The monoisotopic (exact) mass is 273 g/mol. The Hall–Kier alpha value is -2.69. The molecule has 0 amide bonds. The molecule has 2 aromatic rings. The maximum absolute atomic E-state index is 12.8. The number of rotatable bonds is 3. The van der Waals surface area contributed by atoms with Crippen molar-refractivity contribution < 1.29 is 19.0 Å². The highest BCUT2D eigenvalue weighted by Gasteiger charge is 2.08. The zero-order chi connectivity index (χ0) is 14.5. The molecule has 2 rings (SSSR count). The third kappa shape index (κ3) is 3.20. The Morgan fingerprint density at radius 2 is 1.95 bits per heavy atom. The van der Waals surface area contributed by atoms with Gasteiger partial charge in [-0.05, 0) is 42.5 Å². The minimum Gasteiger partial charge on any atom is -0.507 e. The molecule has 102 valence electrons. The summed E-state index contributed by atoms with van der Waals surface area (Å²) in [7, 11) is 1.28. The van der Waals surface area contributed by atoms with Crippen LogP contribution in [-0.4, -0.2) is 24.4 Å². The number of phenols is 1. The average Bonchev–Trinajstić information content (AvgIpc) is 2.47. The molecule has 0 aromatic heterocycles. The molecule has 0 radical (unpaired) electrons. The molecular weight excluding hydrogens is 261 g/mol. The Bertz CT molecular complexity index is 651. The van der Waals surface area contributed by atoms with Crippen molar-refractivity contribution in [1.29, 1.82) is 0 Å². The first-order valence-corrected chi connectivity index (χ1v) is 5.81. The second kappa shape index (κ2) is 5.97. The van der Waals surface area contributed by atoms with Gasteiger partial charge in [-0.3, -0.25) is 4.99 Å². The van der Waals surface area contributed by atoms with E-state index in [1.54, 1.807) is 0 Å². The lowest BCUT2D eigenvalue weighted by Crippen LogP contribution is -2.01. The van der Waals surface area contributed by atoms with Crippen molar-refractivity contribution in [2.75, 3.05) is 7.11 Å². The lowest BCUT2D eigenvalue weighted by Gasteiger charge is -2.02. The van der Waals surface area contributed by atoms with Crippen LogP contribution in [0.4, 0.5) is 10.1 Å². The summed E-state index contributed by atoms with van der Waals surface area (Å²) in [5.74, 6) is -0.857. The summed E-state index contributed by atoms with van der Waals surface area (Å²) in [5, 5.41) is 9.71. The number of hydrogen-bond acceptors (Lipinski definition) is 4. The van der Waals surface area contributed by atoms with Crippen molar-refractivity contribution >= 4 is 17.9 Å². The summed E-state index contributed by atoms with van der Waals surface area (Å²) < 4.78 is 17.4. The third-order valence-electron chi connectivity index (χ3n) is 2.63. The Kier molecular flexibility index (Phi) is 4.10. The molecule has 0 aliphatic rings. The van der Waals surface area contributed by atoms with Crippen molar-refractivity contribution in [2.45, 2.75) is 0 Å². The Morgan fingerprint density at radius 1 is 1.25 bits per heavy atom.